The van der Waals surface area contributed by atoms with Crippen LogP contribution in [0.25, 0.3) is 0 Å². The molecule has 1 aromatic carbocycles. The first kappa shape index (κ1) is 28.7. The van der Waals surface area contributed by atoms with Gasteiger partial charge in [-0.2, -0.15) is 0 Å². The predicted octanol–water partition coefficient (Wildman–Crippen LogP) is 6.92. The normalized spacial score (nSPS) is 22.0. The van der Waals surface area contributed by atoms with Gasteiger partial charge in [-0.3, -0.25) is 4.79 Å². The summed E-state index contributed by atoms with van der Waals surface area (Å²) in [5.74, 6) is -0.412. The fourth-order valence-electron chi connectivity index (χ4n) is 5.61. The number of nitrogens with one attached hydrogen (secondary N) is 1. The highest BCUT2D eigenvalue weighted by molar-refractivity contribution is 6.28. The number of aromatic nitrogens is 2. The molecule has 206 valence electrons. The smallest absolute Gasteiger partial charge is 0.238 e. The summed E-state index contributed by atoms with van der Waals surface area (Å²) >= 11 is 6.30. The van der Waals surface area contributed by atoms with E-state index in [1.807, 2.05) is 25.1 Å². The van der Waals surface area contributed by atoms with Gasteiger partial charge in [-0.25, -0.2) is 14.4 Å². The Hall–Kier alpha value is -2.35. The van der Waals surface area contributed by atoms with Crippen molar-refractivity contribution >= 4 is 23.2 Å². The number of carbonyl (C=O) groups excluding carboxylic acids is 1. The zero-order chi connectivity index (χ0) is 27.1. The van der Waals surface area contributed by atoms with Gasteiger partial charge >= 0.3 is 0 Å². The molecule has 2 heterocycles. The van der Waals surface area contributed by atoms with E-state index in [1.165, 1.54) is 13.2 Å². The second-order valence-corrected chi connectivity index (χ2v) is 10.9. The van der Waals surface area contributed by atoms with Crippen LogP contribution >= 0.6 is 11.6 Å². The van der Waals surface area contributed by atoms with Crippen LogP contribution in [0.5, 0.6) is 0 Å². The predicted molar refractivity (Wildman–Crippen MR) is 148 cm³/mol. The van der Waals surface area contributed by atoms with Crippen LogP contribution in [-0.2, 0) is 33.0 Å². The molecule has 4 rings (SSSR count). The molecule has 1 aliphatic heterocycles. The molecule has 1 saturated heterocycles. The van der Waals surface area contributed by atoms with Crippen LogP contribution in [0.3, 0.4) is 0 Å². The fraction of sp³-hybridized carbons (Fsp3) is 0.567. The van der Waals surface area contributed by atoms with Crippen molar-refractivity contribution in [3.05, 3.63) is 64.6 Å². The molecule has 8 heteroatoms. The largest absolute Gasteiger partial charge is 0.381 e. The van der Waals surface area contributed by atoms with Crippen LogP contribution in [0.4, 0.5) is 10.2 Å². The van der Waals surface area contributed by atoms with E-state index in [0.29, 0.717) is 36.1 Å². The van der Waals surface area contributed by atoms with Crippen molar-refractivity contribution < 1.29 is 18.7 Å². The zero-order valence-corrected chi connectivity index (χ0v) is 23.2. The molecule has 2 aromatic rings. The minimum Gasteiger partial charge on any atom is -0.381 e. The number of ketones is 1. The lowest BCUT2D eigenvalue weighted by atomic mass is 9.88. The van der Waals surface area contributed by atoms with Gasteiger partial charge in [-0.05, 0) is 74.6 Å². The molecule has 1 aromatic heterocycles. The number of hydrogen-bond acceptors (Lipinski definition) is 6. The summed E-state index contributed by atoms with van der Waals surface area (Å²) in [6, 6.07) is 7.15. The molecule has 4 atom stereocenters. The maximum absolute atomic E-state index is 15.3. The number of hydrogen-bond donors (Lipinski definition) is 1. The van der Waals surface area contributed by atoms with Gasteiger partial charge in [0.1, 0.15) is 11.6 Å². The molecule has 0 radical (unpaired) electrons. The lowest BCUT2D eigenvalue weighted by molar-refractivity contribution is -0.126. The van der Waals surface area contributed by atoms with Crippen molar-refractivity contribution in [3.8, 4) is 0 Å². The molecule has 1 N–H and O–H groups in total. The molecule has 0 saturated carbocycles. The van der Waals surface area contributed by atoms with E-state index < -0.39 is 5.85 Å². The maximum Gasteiger partial charge on any atom is 0.238 e. The van der Waals surface area contributed by atoms with Crippen LogP contribution in [0.15, 0.2) is 36.9 Å². The first-order valence-corrected chi connectivity index (χ1v) is 14.1. The molecule has 2 aliphatic rings. The Bertz CT molecular complexity index is 1120. The minimum atomic E-state index is -1.93. The summed E-state index contributed by atoms with van der Waals surface area (Å²) < 4.78 is 26.1. The van der Waals surface area contributed by atoms with Crippen LogP contribution < -0.4 is 5.32 Å². The summed E-state index contributed by atoms with van der Waals surface area (Å²) in [6.45, 7) is 7.15. The number of Topliss-reactive ketones (excluding diaryl/α,β-unsaturated/α-hetero) is 1. The van der Waals surface area contributed by atoms with Crippen molar-refractivity contribution in [2.75, 3.05) is 25.6 Å². The van der Waals surface area contributed by atoms with Crippen molar-refractivity contribution in [2.45, 2.75) is 76.6 Å². The van der Waals surface area contributed by atoms with E-state index in [4.69, 9.17) is 21.1 Å². The van der Waals surface area contributed by atoms with Gasteiger partial charge < -0.3 is 14.8 Å². The number of alkyl halides is 1. The summed E-state index contributed by atoms with van der Waals surface area (Å²) in [6.07, 6.45) is 8.49. The lowest BCUT2D eigenvalue weighted by Gasteiger charge is -2.24. The van der Waals surface area contributed by atoms with Crippen molar-refractivity contribution in [3.63, 3.8) is 0 Å². The lowest BCUT2D eigenvalue weighted by Crippen LogP contribution is -2.22. The van der Waals surface area contributed by atoms with Crippen molar-refractivity contribution in [1.82, 2.24) is 9.97 Å². The van der Waals surface area contributed by atoms with Crippen molar-refractivity contribution in [2.24, 2.45) is 11.8 Å². The average molecular weight is 544 g/mol. The van der Waals surface area contributed by atoms with Gasteiger partial charge in [0, 0.05) is 56.3 Å². The highest BCUT2D eigenvalue weighted by atomic mass is 35.5. The second kappa shape index (κ2) is 13.1. The van der Waals surface area contributed by atoms with Gasteiger partial charge in [-0.1, -0.05) is 30.7 Å². The Kier molecular flexibility index (Phi) is 9.91. The third kappa shape index (κ3) is 6.99. The van der Waals surface area contributed by atoms with Gasteiger partial charge in [-0.15, -0.1) is 6.58 Å². The van der Waals surface area contributed by atoms with Gasteiger partial charge in [0.2, 0.25) is 11.1 Å². The van der Waals surface area contributed by atoms with Gasteiger partial charge in [0.15, 0.2) is 0 Å². The molecule has 3 unspecified atom stereocenters. The summed E-state index contributed by atoms with van der Waals surface area (Å²) in [5, 5.41) is 3.68. The number of methoxy groups -OCH3 is 1. The van der Waals surface area contributed by atoms with Crippen LogP contribution in [0, 0.1) is 11.8 Å². The van der Waals surface area contributed by atoms with Crippen molar-refractivity contribution in [1.29, 1.82) is 0 Å². The van der Waals surface area contributed by atoms with E-state index in [0.717, 1.165) is 68.4 Å². The van der Waals surface area contributed by atoms with E-state index in [-0.39, 0.29) is 23.7 Å². The number of nitrogens with zero attached hydrogens (tertiary/aromatic N) is 2. The number of benzene rings is 1. The number of carbonyl (C=O) groups is 1. The van der Waals surface area contributed by atoms with Gasteiger partial charge in [0.25, 0.3) is 0 Å². The Morgan fingerprint density at radius 2 is 2.16 bits per heavy atom. The van der Waals surface area contributed by atoms with Crippen LogP contribution in [0.2, 0.25) is 5.28 Å². The van der Waals surface area contributed by atoms with E-state index in [9.17, 15) is 4.79 Å². The highest BCUT2D eigenvalue weighted by Gasteiger charge is 2.32. The van der Waals surface area contributed by atoms with Gasteiger partial charge in [0.05, 0.1) is 5.69 Å². The number of anilines is 1. The second-order valence-electron chi connectivity index (χ2n) is 10.6. The average Bonchev–Trinajstić information content (AvgIpc) is 3.30. The molecule has 6 nitrogen and oxygen atoms in total. The van der Waals surface area contributed by atoms with E-state index in [2.05, 4.69) is 21.9 Å². The fourth-order valence-corrected chi connectivity index (χ4v) is 5.80. The molecule has 0 amide bonds. The molecule has 0 bridgehead atoms. The summed E-state index contributed by atoms with van der Waals surface area (Å²) in [5.41, 5.74) is 3.34. The SMILES string of the molecule is C=CCC(F)(OC)c1cccc([C@@H](C)Nc2nc(Cl)nc3c2CC(CCC(=O)C2CCCCOCC2)C3)c1. The number of halogens is 2. The molecule has 0 spiro atoms. The Morgan fingerprint density at radius 1 is 1.32 bits per heavy atom. The Labute approximate surface area is 230 Å². The maximum atomic E-state index is 15.3. The summed E-state index contributed by atoms with van der Waals surface area (Å²) in [7, 11) is 1.36. The first-order valence-electron chi connectivity index (χ1n) is 13.7. The molecular weight excluding hydrogens is 505 g/mol. The Morgan fingerprint density at radius 3 is 2.95 bits per heavy atom. The third-order valence-corrected chi connectivity index (χ3v) is 8.07. The number of fused-ring (bicyclic) bond motifs is 1. The molecular formula is C30H39ClFN3O3. The van der Waals surface area contributed by atoms with E-state index in [1.54, 1.807) is 6.07 Å². The standard InChI is InChI=1S/C30H39ClFN3O3/c1-4-14-30(32,37-3)24-10-7-9-23(19-24)20(2)33-28-25-17-21(18-26(25)34-29(31)35-28)11-12-27(36)22-8-5-6-15-38-16-13-22/h4,7,9-10,19-22H,1,5-6,8,11-18H2,2-3H3,(H,33,34,35)/t20-,21?,22?,30?/m1/s1. The monoisotopic (exact) mass is 543 g/mol. The number of ether oxygens (including phenoxy) is 2. The van der Waals surface area contributed by atoms with Crippen LogP contribution in [0.1, 0.15) is 80.3 Å². The summed E-state index contributed by atoms with van der Waals surface area (Å²) in [4.78, 5) is 21.9. The number of rotatable bonds is 11. The molecule has 1 aliphatic carbocycles. The molecule has 38 heavy (non-hydrogen) atoms. The van der Waals surface area contributed by atoms with Crippen LogP contribution in [-0.4, -0.2) is 36.1 Å². The Balaban J connectivity index is 1.42. The highest BCUT2D eigenvalue weighted by Crippen LogP contribution is 2.36. The minimum absolute atomic E-state index is 0.0577. The third-order valence-electron chi connectivity index (χ3n) is 7.90. The van der Waals surface area contributed by atoms with E-state index >= 15 is 4.39 Å². The molecule has 1 fully saturated rings. The zero-order valence-electron chi connectivity index (χ0n) is 22.5. The first-order chi connectivity index (χ1) is 18.3. The topological polar surface area (TPSA) is 73.3 Å². The quantitative estimate of drug-likeness (QED) is 0.245.